The summed E-state index contributed by atoms with van der Waals surface area (Å²) in [6, 6.07) is 6.57. The minimum atomic E-state index is -1.63. The molecule has 0 N–H and O–H groups in total. The third-order valence-corrected chi connectivity index (χ3v) is 12.6. The van der Waals surface area contributed by atoms with E-state index in [2.05, 4.69) is 90.2 Å². The zero-order valence-corrected chi connectivity index (χ0v) is 16.3. The summed E-state index contributed by atoms with van der Waals surface area (Å²) in [6.07, 6.45) is 2.41. The number of hydrogen-bond donors (Lipinski definition) is 1. The Bertz CT molecular complexity index is 618. The summed E-state index contributed by atoms with van der Waals surface area (Å²) in [5.74, 6) is 0. The quantitative estimate of drug-likeness (QED) is 0.572. The third kappa shape index (κ3) is 2.48. The van der Waals surface area contributed by atoms with Crippen LogP contribution in [0.15, 0.2) is 29.3 Å². The van der Waals surface area contributed by atoms with Crippen LogP contribution in [-0.2, 0) is 7.05 Å². The molecule has 0 unspecified atom stereocenters. The van der Waals surface area contributed by atoms with E-state index >= 15 is 0 Å². The smallest absolute Gasteiger partial charge is 0.0970 e. The fourth-order valence-corrected chi connectivity index (χ4v) is 11.8. The zero-order valence-electron chi connectivity index (χ0n) is 14.4. The van der Waals surface area contributed by atoms with Gasteiger partial charge in [-0.2, -0.15) is 0 Å². The van der Waals surface area contributed by atoms with Crippen molar-refractivity contribution in [2.24, 2.45) is 7.05 Å². The number of thiol groups is 1. The van der Waals surface area contributed by atoms with Crippen LogP contribution in [0.25, 0.3) is 10.9 Å². The van der Waals surface area contributed by atoms with Crippen molar-refractivity contribution in [2.45, 2.75) is 63.1 Å². The molecular weight excluding hydrogens is 290 g/mol. The molecule has 2 aromatic rings. The highest BCUT2D eigenvalue weighted by Gasteiger charge is 2.45. The minimum Gasteiger partial charge on any atom is -0.351 e. The molecule has 1 nitrogen and oxygen atoms in total. The number of fused-ring (bicyclic) bond motifs is 1. The average molecular weight is 320 g/mol. The normalized spacial score (nSPS) is 13.1. The molecule has 0 radical (unpaired) electrons. The Morgan fingerprint density at radius 3 is 1.95 bits per heavy atom. The van der Waals surface area contributed by atoms with Crippen molar-refractivity contribution in [3.63, 3.8) is 0 Å². The maximum absolute atomic E-state index is 4.57. The monoisotopic (exact) mass is 319 g/mol. The van der Waals surface area contributed by atoms with Crippen molar-refractivity contribution < 1.29 is 0 Å². The van der Waals surface area contributed by atoms with Gasteiger partial charge >= 0.3 is 0 Å². The minimum absolute atomic E-state index is 0.728. The fourth-order valence-electron chi connectivity index (χ4n) is 4.66. The molecule has 21 heavy (non-hydrogen) atoms. The van der Waals surface area contributed by atoms with Crippen LogP contribution >= 0.6 is 12.6 Å². The van der Waals surface area contributed by atoms with Crippen molar-refractivity contribution in [1.29, 1.82) is 0 Å². The SMILES string of the molecule is CC(C)[Si](c1cn(C)c2ccc(S)cc12)(C(C)C)C(C)C. The van der Waals surface area contributed by atoms with Crippen molar-refractivity contribution in [3.05, 3.63) is 24.4 Å². The molecule has 1 aromatic heterocycles. The standard InChI is InChI=1S/C18H29NSSi/c1-12(2)21(13(3)4,14(5)6)18-11-19(7)17-9-8-15(20)10-16(17)18/h8-14,20H,1-7H3. The summed E-state index contributed by atoms with van der Waals surface area (Å²) in [5.41, 5.74) is 3.52. The number of aryl methyl sites for hydroxylation is 1. The molecule has 3 heteroatoms. The van der Waals surface area contributed by atoms with E-state index in [-0.39, 0.29) is 0 Å². The lowest BCUT2D eigenvalue weighted by Gasteiger charge is -2.43. The van der Waals surface area contributed by atoms with Crippen LogP contribution in [0, 0.1) is 0 Å². The van der Waals surface area contributed by atoms with E-state index in [1.807, 2.05) is 0 Å². The van der Waals surface area contributed by atoms with Gasteiger partial charge in [0, 0.05) is 23.7 Å². The second kappa shape index (κ2) is 5.84. The van der Waals surface area contributed by atoms with Gasteiger partial charge in [0.1, 0.15) is 0 Å². The van der Waals surface area contributed by atoms with Gasteiger partial charge in [-0.25, -0.2) is 0 Å². The van der Waals surface area contributed by atoms with Crippen LogP contribution in [0.5, 0.6) is 0 Å². The van der Waals surface area contributed by atoms with Crippen LogP contribution < -0.4 is 5.19 Å². The van der Waals surface area contributed by atoms with Gasteiger partial charge in [0.25, 0.3) is 0 Å². The summed E-state index contributed by atoms with van der Waals surface area (Å²) < 4.78 is 2.30. The Kier molecular flexibility index (Phi) is 4.65. The molecule has 0 bridgehead atoms. The van der Waals surface area contributed by atoms with Crippen molar-refractivity contribution in [1.82, 2.24) is 4.57 Å². The number of nitrogens with zero attached hydrogens (tertiary/aromatic N) is 1. The summed E-state index contributed by atoms with van der Waals surface area (Å²) >= 11 is 4.57. The summed E-state index contributed by atoms with van der Waals surface area (Å²) in [6.45, 7) is 14.6. The molecule has 0 atom stereocenters. The summed E-state index contributed by atoms with van der Waals surface area (Å²) in [7, 11) is 0.546. The average Bonchev–Trinajstić information content (AvgIpc) is 2.66. The van der Waals surface area contributed by atoms with Crippen LogP contribution in [-0.4, -0.2) is 12.6 Å². The molecule has 0 spiro atoms. The van der Waals surface area contributed by atoms with E-state index in [0.717, 1.165) is 21.5 Å². The first-order valence-corrected chi connectivity index (χ1v) is 10.7. The Morgan fingerprint density at radius 1 is 0.952 bits per heavy atom. The molecule has 0 aliphatic carbocycles. The Balaban J connectivity index is 2.86. The Hall–Kier alpha value is -0.673. The molecular formula is C18H29NSSi. The van der Waals surface area contributed by atoms with Crippen LogP contribution in [0.2, 0.25) is 16.6 Å². The van der Waals surface area contributed by atoms with E-state index in [9.17, 15) is 0 Å². The predicted octanol–water partition coefficient (Wildman–Crippen LogP) is 5.35. The summed E-state index contributed by atoms with van der Waals surface area (Å²) in [4.78, 5) is 1.06. The molecule has 1 aromatic carbocycles. The highest BCUT2D eigenvalue weighted by Crippen LogP contribution is 2.42. The molecule has 0 amide bonds. The van der Waals surface area contributed by atoms with E-state index in [1.54, 1.807) is 5.19 Å². The number of rotatable bonds is 4. The van der Waals surface area contributed by atoms with E-state index in [4.69, 9.17) is 0 Å². The van der Waals surface area contributed by atoms with Crippen LogP contribution in [0.1, 0.15) is 41.5 Å². The Morgan fingerprint density at radius 2 is 1.48 bits per heavy atom. The zero-order chi connectivity index (χ0) is 15.9. The lowest BCUT2D eigenvalue weighted by atomic mass is 10.2. The van der Waals surface area contributed by atoms with Crippen molar-refractivity contribution in [2.75, 3.05) is 0 Å². The summed E-state index contributed by atoms with van der Waals surface area (Å²) in [5, 5.41) is 3.05. The lowest BCUT2D eigenvalue weighted by Crippen LogP contribution is -2.55. The first-order chi connectivity index (χ1) is 9.72. The second-order valence-electron chi connectivity index (χ2n) is 7.25. The van der Waals surface area contributed by atoms with Gasteiger partial charge in [0.05, 0.1) is 8.07 Å². The van der Waals surface area contributed by atoms with E-state index < -0.39 is 8.07 Å². The molecule has 2 rings (SSSR count). The maximum Gasteiger partial charge on any atom is 0.0970 e. The van der Waals surface area contributed by atoms with Gasteiger partial charge in [-0.3, -0.25) is 0 Å². The van der Waals surface area contributed by atoms with Gasteiger partial charge in [-0.05, 0) is 45.4 Å². The number of hydrogen-bond acceptors (Lipinski definition) is 1. The highest BCUT2D eigenvalue weighted by molar-refractivity contribution is 7.80. The molecule has 1 heterocycles. The third-order valence-electron chi connectivity index (χ3n) is 5.31. The topological polar surface area (TPSA) is 4.93 Å². The Labute approximate surface area is 136 Å². The molecule has 0 aliphatic heterocycles. The second-order valence-corrected chi connectivity index (χ2v) is 13.6. The van der Waals surface area contributed by atoms with Gasteiger partial charge in [0.2, 0.25) is 0 Å². The molecule has 0 aliphatic rings. The fraction of sp³-hybridized carbons (Fsp3) is 0.556. The van der Waals surface area contributed by atoms with Crippen molar-refractivity contribution in [3.8, 4) is 0 Å². The maximum atomic E-state index is 4.57. The van der Waals surface area contributed by atoms with Crippen LogP contribution in [0.3, 0.4) is 0 Å². The molecule has 0 saturated carbocycles. The molecule has 116 valence electrons. The van der Waals surface area contributed by atoms with Gasteiger partial charge < -0.3 is 4.57 Å². The first kappa shape index (κ1) is 16.7. The van der Waals surface area contributed by atoms with E-state index in [1.165, 1.54) is 10.9 Å². The van der Waals surface area contributed by atoms with Gasteiger partial charge in [-0.15, -0.1) is 12.6 Å². The lowest BCUT2D eigenvalue weighted by molar-refractivity contribution is 0.834. The van der Waals surface area contributed by atoms with Gasteiger partial charge in [-0.1, -0.05) is 41.5 Å². The predicted molar refractivity (Wildman–Crippen MR) is 101 cm³/mol. The van der Waals surface area contributed by atoms with E-state index in [0.29, 0.717) is 0 Å². The van der Waals surface area contributed by atoms with Crippen LogP contribution in [0.4, 0.5) is 0 Å². The number of benzene rings is 1. The molecule has 0 saturated heterocycles. The highest BCUT2D eigenvalue weighted by atomic mass is 32.1. The van der Waals surface area contributed by atoms with Crippen molar-refractivity contribution >= 4 is 36.8 Å². The largest absolute Gasteiger partial charge is 0.351 e. The molecule has 0 fully saturated rings. The number of aromatic nitrogens is 1. The van der Waals surface area contributed by atoms with Gasteiger partial charge in [0.15, 0.2) is 0 Å². The first-order valence-electron chi connectivity index (χ1n) is 8.01.